The van der Waals surface area contributed by atoms with Crippen LogP contribution in [0.3, 0.4) is 0 Å². The molecule has 2 heterocycles. The molecular formula is C23H34F3N3O2. The summed E-state index contributed by atoms with van der Waals surface area (Å²) in [7, 11) is 0. The molecule has 5 aliphatic rings. The largest absolute Gasteiger partial charge is 0.490 e. The maximum absolute atomic E-state index is 10.6. The lowest BCUT2D eigenvalue weighted by Crippen LogP contribution is -2.49. The second-order valence-electron chi connectivity index (χ2n) is 10.3. The zero-order valence-corrected chi connectivity index (χ0v) is 18.2. The lowest BCUT2D eigenvalue weighted by Gasteiger charge is -2.56. The molecule has 1 aromatic rings. The van der Waals surface area contributed by atoms with Crippen LogP contribution in [0.4, 0.5) is 13.2 Å². The first-order chi connectivity index (χ1) is 14.8. The van der Waals surface area contributed by atoms with Crippen LogP contribution in [0.25, 0.3) is 0 Å². The molecule has 1 aromatic heterocycles. The number of hydrogen-bond donors (Lipinski definition) is 1. The zero-order chi connectivity index (χ0) is 22.1. The standard InChI is InChI=1S/C21H33N3.C2HF3O2/c1-2-4-6-8-19-22-23-20(24(19)9-7-5-3-1)21-13-16-10-17(14-21)12-18(11-16)15-21;3-2(4,5)1(6)7/h16-18H,1-15H2;(H,6,7). The van der Waals surface area contributed by atoms with Crippen LogP contribution < -0.4 is 0 Å². The summed E-state index contributed by atoms with van der Waals surface area (Å²) in [6.45, 7) is 1.18. The molecule has 1 aliphatic heterocycles. The molecule has 31 heavy (non-hydrogen) atoms. The van der Waals surface area contributed by atoms with Gasteiger partial charge in [0, 0.05) is 18.4 Å². The van der Waals surface area contributed by atoms with Crippen molar-refractivity contribution < 1.29 is 23.1 Å². The van der Waals surface area contributed by atoms with Gasteiger partial charge in [0.25, 0.3) is 0 Å². The zero-order valence-electron chi connectivity index (χ0n) is 18.2. The summed E-state index contributed by atoms with van der Waals surface area (Å²) in [6.07, 6.45) is 14.5. The lowest BCUT2D eigenvalue weighted by molar-refractivity contribution is -0.192. The summed E-state index contributed by atoms with van der Waals surface area (Å²) in [5.74, 6) is 2.94. The third kappa shape index (κ3) is 5.08. The fourth-order valence-electron chi connectivity index (χ4n) is 6.97. The SMILES string of the molecule is C1CCCCc2nnc(C34CC5CC(CC(C5)C3)C4)n2CCCC1.O=C(O)C(F)(F)F. The van der Waals surface area contributed by atoms with E-state index in [-0.39, 0.29) is 0 Å². The normalized spacial score (nSPS) is 33.1. The van der Waals surface area contributed by atoms with E-state index in [2.05, 4.69) is 4.57 Å². The first kappa shape index (κ1) is 22.6. The molecule has 0 amide bonds. The van der Waals surface area contributed by atoms with Crippen LogP contribution in [0, 0.1) is 17.8 Å². The predicted octanol–water partition coefficient (Wildman–Crippen LogP) is 5.67. The Labute approximate surface area is 181 Å². The number of halogens is 3. The van der Waals surface area contributed by atoms with Gasteiger partial charge in [-0.1, -0.05) is 32.1 Å². The number of carbonyl (C=O) groups is 1. The number of fused-ring (bicyclic) bond motifs is 1. The van der Waals surface area contributed by atoms with Crippen LogP contribution in [0.15, 0.2) is 0 Å². The van der Waals surface area contributed by atoms with Gasteiger partial charge in [-0.15, -0.1) is 10.2 Å². The van der Waals surface area contributed by atoms with E-state index in [0.29, 0.717) is 5.41 Å². The minimum absolute atomic E-state index is 0.403. The molecule has 0 saturated heterocycles. The molecule has 0 atom stereocenters. The highest BCUT2D eigenvalue weighted by Crippen LogP contribution is 2.60. The number of rotatable bonds is 1. The summed E-state index contributed by atoms with van der Waals surface area (Å²) in [6, 6.07) is 0. The molecule has 4 saturated carbocycles. The fourth-order valence-corrected chi connectivity index (χ4v) is 6.97. The molecule has 4 fully saturated rings. The van der Waals surface area contributed by atoms with E-state index in [0.717, 1.165) is 24.2 Å². The van der Waals surface area contributed by atoms with E-state index in [1.807, 2.05) is 0 Å². The number of carboxylic acids is 1. The number of hydrogen-bond acceptors (Lipinski definition) is 3. The molecule has 8 heteroatoms. The Balaban J connectivity index is 0.000000289. The first-order valence-corrected chi connectivity index (χ1v) is 12.0. The van der Waals surface area contributed by atoms with Gasteiger partial charge in [-0.3, -0.25) is 0 Å². The number of alkyl halides is 3. The minimum atomic E-state index is -5.08. The van der Waals surface area contributed by atoms with Gasteiger partial charge >= 0.3 is 12.1 Å². The smallest absolute Gasteiger partial charge is 0.475 e. The first-order valence-electron chi connectivity index (χ1n) is 12.0. The number of aliphatic carboxylic acids is 1. The van der Waals surface area contributed by atoms with Crippen molar-refractivity contribution in [1.82, 2.24) is 14.8 Å². The van der Waals surface area contributed by atoms with Gasteiger partial charge in [-0.05, 0) is 69.1 Å². The fraction of sp³-hybridized carbons (Fsp3) is 0.870. The van der Waals surface area contributed by atoms with Crippen LogP contribution in [-0.2, 0) is 23.2 Å². The summed E-state index contributed by atoms with van der Waals surface area (Å²) in [5.41, 5.74) is 0.403. The van der Waals surface area contributed by atoms with Gasteiger partial charge in [-0.25, -0.2) is 4.79 Å². The highest BCUT2D eigenvalue weighted by atomic mass is 19.4. The van der Waals surface area contributed by atoms with E-state index < -0.39 is 12.1 Å². The molecule has 174 valence electrons. The van der Waals surface area contributed by atoms with Crippen LogP contribution in [-0.4, -0.2) is 32.0 Å². The van der Waals surface area contributed by atoms with Crippen molar-refractivity contribution in [2.45, 2.75) is 108 Å². The van der Waals surface area contributed by atoms with E-state index in [9.17, 15) is 13.2 Å². The van der Waals surface area contributed by atoms with Crippen LogP contribution in [0.1, 0.15) is 95.1 Å². The Hall–Kier alpha value is -1.60. The second kappa shape index (κ2) is 9.10. The minimum Gasteiger partial charge on any atom is -0.475 e. The van der Waals surface area contributed by atoms with E-state index >= 15 is 0 Å². The van der Waals surface area contributed by atoms with E-state index in [1.165, 1.54) is 102 Å². The van der Waals surface area contributed by atoms with Gasteiger partial charge in [0.1, 0.15) is 11.6 Å². The average molecular weight is 442 g/mol. The molecule has 0 radical (unpaired) electrons. The van der Waals surface area contributed by atoms with Crippen LogP contribution >= 0.6 is 0 Å². The van der Waals surface area contributed by atoms with E-state index in [4.69, 9.17) is 20.1 Å². The van der Waals surface area contributed by atoms with Crippen molar-refractivity contribution in [3.8, 4) is 0 Å². The predicted molar refractivity (Wildman–Crippen MR) is 110 cm³/mol. The summed E-state index contributed by atoms with van der Waals surface area (Å²) in [4.78, 5) is 8.90. The molecule has 0 unspecified atom stereocenters. The number of aromatic nitrogens is 3. The monoisotopic (exact) mass is 441 g/mol. The quantitative estimate of drug-likeness (QED) is 0.610. The molecule has 0 aromatic carbocycles. The van der Waals surface area contributed by atoms with Gasteiger partial charge in [0.15, 0.2) is 0 Å². The van der Waals surface area contributed by atoms with Gasteiger partial charge in [0.2, 0.25) is 0 Å². The Morgan fingerprint density at radius 2 is 1.35 bits per heavy atom. The van der Waals surface area contributed by atoms with Gasteiger partial charge in [-0.2, -0.15) is 13.2 Å². The van der Waals surface area contributed by atoms with Crippen LogP contribution in [0.2, 0.25) is 0 Å². The Bertz CT molecular complexity index is 739. The lowest BCUT2D eigenvalue weighted by atomic mass is 9.49. The number of nitrogens with zero attached hydrogens (tertiary/aromatic N) is 3. The topological polar surface area (TPSA) is 68.0 Å². The highest BCUT2D eigenvalue weighted by Gasteiger charge is 2.53. The number of aryl methyl sites for hydroxylation is 1. The van der Waals surface area contributed by atoms with Crippen molar-refractivity contribution in [3.63, 3.8) is 0 Å². The average Bonchev–Trinajstić information content (AvgIpc) is 3.07. The van der Waals surface area contributed by atoms with Crippen molar-refractivity contribution in [2.24, 2.45) is 17.8 Å². The van der Waals surface area contributed by atoms with Crippen molar-refractivity contribution in [3.05, 3.63) is 11.6 Å². The Morgan fingerprint density at radius 1 is 0.871 bits per heavy atom. The summed E-state index contributed by atoms with van der Waals surface area (Å²) < 4.78 is 34.3. The highest BCUT2D eigenvalue weighted by molar-refractivity contribution is 5.73. The molecule has 0 spiro atoms. The number of carboxylic acid groups (broad SMARTS) is 1. The maximum atomic E-state index is 10.6. The molecule has 1 N–H and O–H groups in total. The third-order valence-electron chi connectivity index (χ3n) is 7.86. The Kier molecular flexibility index (Phi) is 6.63. The third-order valence-corrected chi connectivity index (χ3v) is 7.86. The second-order valence-corrected chi connectivity index (χ2v) is 10.3. The molecular weight excluding hydrogens is 407 g/mol. The van der Waals surface area contributed by atoms with Gasteiger partial charge in [0.05, 0.1) is 0 Å². The van der Waals surface area contributed by atoms with Gasteiger partial charge < -0.3 is 9.67 Å². The van der Waals surface area contributed by atoms with Crippen LogP contribution in [0.5, 0.6) is 0 Å². The molecule has 5 nitrogen and oxygen atoms in total. The van der Waals surface area contributed by atoms with E-state index in [1.54, 1.807) is 0 Å². The van der Waals surface area contributed by atoms with Crippen molar-refractivity contribution >= 4 is 5.97 Å². The molecule has 6 rings (SSSR count). The van der Waals surface area contributed by atoms with Crippen molar-refractivity contribution in [2.75, 3.05) is 0 Å². The maximum Gasteiger partial charge on any atom is 0.490 e. The molecule has 4 aliphatic carbocycles. The Morgan fingerprint density at radius 3 is 1.87 bits per heavy atom. The summed E-state index contributed by atoms with van der Waals surface area (Å²) in [5, 5.41) is 16.7. The summed E-state index contributed by atoms with van der Waals surface area (Å²) >= 11 is 0. The molecule has 4 bridgehead atoms. The van der Waals surface area contributed by atoms with Crippen molar-refractivity contribution in [1.29, 1.82) is 0 Å².